The van der Waals surface area contributed by atoms with E-state index in [1.165, 1.54) is 12.1 Å². The van der Waals surface area contributed by atoms with Crippen LogP contribution in [0.2, 0.25) is 0 Å². The van der Waals surface area contributed by atoms with Crippen molar-refractivity contribution in [3.8, 4) is 17.0 Å². The first-order chi connectivity index (χ1) is 8.94. The van der Waals surface area contributed by atoms with Gasteiger partial charge in [0.25, 0.3) is 0 Å². The van der Waals surface area contributed by atoms with Crippen LogP contribution < -0.4 is 10.5 Å². The van der Waals surface area contributed by atoms with Gasteiger partial charge < -0.3 is 10.5 Å². The number of nitrogen functional groups attached to an aromatic ring is 1. The van der Waals surface area contributed by atoms with Crippen LogP contribution in [0.25, 0.3) is 11.3 Å². The Morgan fingerprint density at radius 2 is 1.89 bits per heavy atom. The van der Waals surface area contributed by atoms with Gasteiger partial charge in [0.15, 0.2) is 6.61 Å². The Kier molecular flexibility index (Phi) is 3.55. The molecule has 4 nitrogen and oxygen atoms in total. The second kappa shape index (κ2) is 5.13. The number of hydrogen-bond donors (Lipinski definition) is 1. The molecular weight excluding hydrogens is 259 g/mol. The molecule has 1 aromatic heterocycles. The van der Waals surface area contributed by atoms with Crippen LogP contribution in [-0.4, -0.2) is 23.0 Å². The van der Waals surface area contributed by atoms with Crippen LogP contribution in [-0.2, 0) is 0 Å². The van der Waals surface area contributed by atoms with Crippen LogP contribution in [0.5, 0.6) is 5.75 Å². The Morgan fingerprint density at radius 3 is 2.53 bits per heavy atom. The Labute approximate surface area is 107 Å². The van der Waals surface area contributed by atoms with Gasteiger partial charge in [-0.3, -0.25) is 0 Å². The molecule has 0 fully saturated rings. The number of anilines is 1. The molecule has 0 spiro atoms. The first kappa shape index (κ1) is 13.1. The molecule has 0 saturated carbocycles. The summed E-state index contributed by atoms with van der Waals surface area (Å²) >= 11 is 0. The van der Waals surface area contributed by atoms with Crippen LogP contribution in [0.4, 0.5) is 19.0 Å². The molecule has 0 aliphatic carbocycles. The van der Waals surface area contributed by atoms with E-state index >= 15 is 0 Å². The van der Waals surface area contributed by atoms with Crippen LogP contribution in [0.1, 0.15) is 0 Å². The minimum atomic E-state index is -4.36. The summed E-state index contributed by atoms with van der Waals surface area (Å²) in [6.45, 7) is -1.33. The summed E-state index contributed by atoms with van der Waals surface area (Å²) in [6.07, 6.45) is -4.36. The van der Waals surface area contributed by atoms with Crippen molar-refractivity contribution in [2.75, 3.05) is 12.3 Å². The quantitative estimate of drug-likeness (QED) is 0.930. The zero-order valence-electron chi connectivity index (χ0n) is 9.69. The minimum Gasteiger partial charge on any atom is -0.484 e. The van der Waals surface area contributed by atoms with Crippen molar-refractivity contribution in [1.29, 1.82) is 0 Å². The molecule has 7 heteroatoms. The lowest BCUT2D eigenvalue weighted by Crippen LogP contribution is -2.19. The lowest BCUT2D eigenvalue weighted by atomic mass is 10.1. The molecule has 0 amide bonds. The molecule has 0 radical (unpaired) electrons. The van der Waals surface area contributed by atoms with E-state index in [2.05, 4.69) is 14.9 Å². The van der Waals surface area contributed by atoms with E-state index < -0.39 is 12.8 Å². The molecule has 0 atom stereocenters. The van der Waals surface area contributed by atoms with Crippen LogP contribution in [0, 0.1) is 0 Å². The summed E-state index contributed by atoms with van der Waals surface area (Å²) in [7, 11) is 0. The summed E-state index contributed by atoms with van der Waals surface area (Å²) in [5, 5.41) is 7.52. The molecule has 0 saturated heterocycles. The Morgan fingerprint density at radius 1 is 1.11 bits per heavy atom. The van der Waals surface area contributed by atoms with Crippen molar-refractivity contribution in [3.63, 3.8) is 0 Å². The summed E-state index contributed by atoms with van der Waals surface area (Å²) in [6, 6.07) is 9.38. The van der Waals surface area contributed by atoms with Gasteiger partial charge in [-0.15, -0.1) is 10.2 Å². The third-order valence-electron chi connectivity index (χ3n) is 2.22. The number of aromatic nitrogens is 2. The third-order valence-corrected chi connectivity index (χ3v) is 2.22. The molecule has 0 aliphatic rings. The standard InChI is InChI=1S/C12H10F3N3O/c13-12(14,15)7-19-9-3-1-2-8(6-9)10-4-5-11(16)18-17-10/h1-6H,7H2,(H2,16,18). The fourth-order valence-electron chi connectivity index (χ4n) is 1.41. The van der Waals surface area contributed by atoms with Crippen molar-refractivity contribution in [2.24, 2.45) is 0 Å². The number of nitrogens with zero attached hydrogens (tertiary/aromatic N) is 2. The average molecular weight is 269 g/mol. The van der Waals surface area contributed by atoms with Crippen LogP contribution >= 0.6 is 0 Å². The van der Waals surface area contributed by atoms with Gasteiger partial charge in [-0.1, -0.05) is 12.1 Å². The molecule has 2 rings (SSSR count). The van der Waals surface area contributed by atoms with E-state index in [0.717, 1.165) is 0 Å². The summed E-state index contributed by atoms with van der Waals surface area (Å²) < 4.78 is 40.8. The van der Waals surface area contributed by atoms with Gasteiger partial charge in [-0.25, -0.2) is 0 Å². The van der Waals surface area contributed by atoms with E-state index in [9.17, 15) is 13.2 Å². The van der Waals surface area contributed by atoms with Crippen molar-refractivity contribution in [1.82, 2.24) is 10.2 Å². The number of benzene rings is 1. The van der Waals surface area contributed by atoms with Crippen molar-refractivity contribution in [2.45, 2.75) is 6.18 Å². The number of halogens is 3. The third kappa shape index (κ3) is 3.84. The Hall–Kier alpha value is -2.31. The van der Waals surface area contributed by atoms with Crippen molar-refractivity contribution < 1.29 is 17.9 Å². The van der Waals surface area contributed by atoms with Crippen LogP contribution in [0.3, 0.4) is 0 Å². The number of alkyl halides is 3. The molecule has 2 N–H and O–H groups in total. The molecule has 19 heavy (non-hydrogen) atoms. The fraction of sp³-hybridized carbons (Fsp3) is 0.167. The van der Waals surface area contributed by atoms with Gasteiger partial charge in [-0.05, 0) is 24.3 Å². The number of ether oxygens (including phenoxy) is 1. The van der Waals surface area contributed by atoms with E-state index in [1.807, 2.05) is 0 Å². The van der Waals surface area contributed by atoms with Gasteiger partial charge in [0.05, 0.1) is 5.69 Å². The van der Waals surface area contributed by atoms with Gasteiger partial charge in [0, 0.05) is 5.56 Å². The summed E-state index contributed by atoms with van der Waals surface area (Å²) in [4.78, 5) is 0. The van der Waals surface area contributed by atoms with Crippen LogP contribution in [0.15, 0.2) is 36.4 Å². The lowest BCUT2D eigenvalue weighted by Gasteiger charge is -2.10. The second-order valence-corrected chi connectivity index (χ2v) is 3.78. The van der Waals surface area contributed by atoms with E-state index in [4.69, 9.17) is 5.73 Å². The Bertz CT molecular complexity index is 555. The zero-order valence-corrected chi connectivity index (χ0v) is 9.69. The summed E-state index contributed by atoms with van der Waals surface area (Å²) in [5.74, 6) is 0.390. The topological polar surface area (TPSA) is 61.0 Å². The molecule has 1 aromatic carbocycles. The molecule has 2 aromatic rings. The molecular formula is C12H10F3N3O. The SMILES string of the molecule is Nc1ccc(-c2cccc(OCC(F)(F)F)c2)nn1. The van der Waals surface area contributed by atoms with Gasteiger partial charge in [0.2, 0.25) is 0 Å². The largest absolute Gasteiger partial charge is 0.484 e. The predicted molar refractivity (Wildman–Crippen MR) is 63.4 cm³/mol. The first-order valence-electron chi connectivity index (χ1n) is 5.33. The summed E-state index contributed by atoms with van der Waals surface area (Å²) in [5.41, 5.74) is 6.52. The van der Waals surface area contributed by atoms with Crippen molar-refractivity contribution in [3.05, 3.63) is 36.4 Å². The van der Waals surface area contributed by atoms with Gasteiger partial charge in [-0.2, -0.15) is 13.2 Å². The molecule has 100 valence electrons. The average Bonchev–Trinajstić information content (AvgIpc) is 2.37. The van der Waals surface area contributed by atoms with E-state index in [0.29, 0.717) is 11.3 Å². The second-order valence-electron chi connectivity index (χ2n) is 3.78. The number of rotatable bonds is 3. The van der Waals surface area contributed by atoms with Crippen molar-refractivity contribution >= 4 is 5.82 Å². The fourth-order valence-corrected chi connectivity index (χ4v) is 1.41. The van der Waals surface area contributed by atoms with E-state index in [1.54, 1.807) is 24.3 Å². The number of hydrogen-bond acceptors (Lipinski definition) is 4. The molecule has 0 aliphatic heterocycles. The number of nitrogens with two attached hydrogens (primary N) is 1. The highest BCUT2D eigenvalue weighted by Gasteiger charge is 2.28. The molecule has 0 bridgehead atoms. The highest BCUT2D eigenvalue weighted by atomic mass is 19.4. The first-order valence-corrected chi connectivity index (χ1v) is 5.33. The Balaban J connectivity index is 2.17. The maximum absolute atomic E-state index is 12.0. The van der Waals surface area contributed by atoms with Gasteiger partial charge >= 0.3 is 6.18 Å². The maximum Gasteiger partial charge on any atom is 0.422 e. The highest BCUT2D eigenvalue weighted by molar-refractivity contribution is 5.61. The minimum absolute atomic E-state index is 0.119. The molecule has 1 heterocycles. The van der Waals surface area contributed by atoms with Gasteiger partial charge in [0.1, 0.15) is 11.6 Å². The monoisotopic (exact) mass is 269 g/mol. The highest BCUT2D eigenvalue weighted by Crippen LogP contribution is 2.24. The smallest absolute Gasteiger partial charge is 0.422 e. The molecule has 0 unspecified atom stereocenters. The normalized spacial score (nSPS) is 11.3. The lowest BCUT2D eigenvalue weighted by molar-refractivity contribution is -0.153. The zero-order chi connectivity index (χ0) is 13.9. The predicted octanol–water partition coefficient (Wildman–Crippen LogP) is 2.67. The van der Waals surface area contributed by atoms with E-state index in [-0.39, 0.29) is 11.6 Å². The maximum atomic E-state index is 12.0.